The molecule has 2 aromatic rings. The molecule has 0 bridgehead atoms. The van der Waals surface area contributed by atoms with E-state index in [4.69, 9.17) is 0 Å². The van der Waals surface area contributed by atoms with Gasteiger partial charge in [0.15, 0.2) is 0 Å². The fraction of sp³-hybridized carbons (Fsp3) is 0.312. The minimum atomic E-state index is 0.321. The minimum Gasteiger partial charge on any atom is -0.310 e. The van der Waals surface area contributed by atoms with Crippen molar-refractivity contribution in [3.63, 3.8) is 0 Å². The third kappa shape index (κ3) is 4.33. The number of pyridine rings is 1. The fourth-order valence-corrected chi connectivity index (χ4v) is 3.14. The van der Waals surface area contributed by atoms with Crippen molar-refractivity contribution in [1.29, 1.82) is 0 Å². The highest BCUT2D eigenvalue weighted by Gasteiger charge is 2.11. The van der Waals surface area contributed by atoms with E-state index in [1.165, 1.54) is 10.5 Å². The second-order valence-electron chi connectivity index (χ2n) is 4.63. The van der Waals surface area contributed by atoms with E-state index in [9.17, 15) is 0 Å². The predicted octanol–water partition coefficient (Wildman–Crippen LogP) is 5.06. The molecule has 0 aliphatic carbocycles. The third-order valence-electron chi connectivity index (χ3n) is 3.00. The van der Waals surface area contributed by atoms with Gasteiger partial charge in [-0.3, -0.25) is 0 Å². The molecular formula is C16H19BrN2S. The van der Waals surface area contributed by atoms with Gasteiger partial charge in [0.2, 0.25) is 0 Å². The lowest BCUT2D eigenvalue weighted by molar-refractivity contribution is 0.560. The van der Waals surface area contributed by atoms with Crippen LogP contribution in [0.3, 0.4) is 0 Å². The maximum atomic E-state index is 4.54. The van der Waals surface area contributed by atoms with Gasteiger partial charge in [-0.05, 0) is 50.2 Å². The molecule has 1 aromatic carbocycles. The van der Waals surface area contributed by atoms with E-state index in [0.29, 0.717) is 6.04 Å². The van der Waals surface area contributed by atoms with Crippen LogP contribution in [-0.4, -0.2) is 11.5 Å². The molecule has 0 spiro atoms. The Morgan fingerprint density at radius 3 is 2.70 bits per heavy atom. The second kappa shape index (κ2) is 7.81. The molecule has 0 amide bonds. The summed E-state index contributed by atoms with van der Waals surface area (Å²) in [5, 5.41) is 4.60. The highest BCUT2D eigenvalue weighted by Crippen LogP contribution is 2.32. The van der Waals surface area contributed by atoms with Crippen LogP contribution in [0, 0.1) is 0 Å². The predicted molar refractivity (Wildman–Crippen MR) is 89.2 cm³/mol. The molecule has 0 fully saturated rings. The Balaban J connectivity index is 2.17. The van der Waals surface area contributed by atoms with Crippen molar-refractivity contribution in [1.82, 2.24) is 10.3 Å². The van der Waals surface area contributed by atoms with Crippen LogP contribution in [0.5, 0.6) is 0 Å². The average Bonchev–Trinajstić information content (AvgIpc) is 2.48. The Labute approximate surface area is 133 Å². The van der Waals surface area contributed by atoms with Crippen molar-refractivity contribution in [3.8, 4) is 0 Å². The lowest BCUT2D eigenvalue weighted by Crippen LogP contribution is -2.20. The number of hydrogen-bond donors (Lipinski definition) is 1. The molecule has 20 heavy (non-hydrogen) atoms. The quantitative estimate of drug-likeness (QED) is 0.788. The summed E-state index contributed by atoms with van der Waals surface area (Å²) in [4.78, 5) is 5.74. The highest BCUT2D eigenvalue weighted by molar-refractivity contribution is 9.10. The van der Waals surface area contributed by atoms with E-state index < -0.39 is 0 Å². The summed E-state index contributed by atoms with van der Waals surface area (Å²) in [6.45, 7) is 5.40. The number of rotatable bonds is 6. The van der Waals surface area contributed by atoms with Gasteiger partial charge >= 0.3 is 0 Å². The smallest absolute Gasteiger partial charge is 0.105 e. The maximum Gasteiger partial charge on any atom is 0.105 e. The lowest BCUT2D eigenvalue weighted by Gasteiger charge is -2.16. The van der Waals surface area contributed by atoms with Gasteiger partial charge in [0.25, 0.3) is 0 Å². The molecule has 0 radical (unpaired) electrons. The summed E-state index contributed by atoms with van der Waals surface area (Å²) in [6.07, 6.45) is 3.00. The van der Waals surface area contributed by atoms with E-state index >= 15 is 0 Å². The summed E-state index contributed by atoms with van der Waals surface area (Å²) in [6, 6.07) is 12.8. The molecule has 106 valence electrons. The molecule has 2 rings (SSSR count). The van der Waals surface area contributed by atoms with Crippen molar-refractivity contribution < 1.29 is 0 Å². The summed E-state index contributed by atoms with van der Waals surface area (Å²) < 4.78 is 1.10. The summed E-state index contributed by atoms with van der Waals surface area (Å²) in [5.74, 6) is 0. The van der Waals surface area contributed by atoms with E-state index in [2.05, 4.69) is 70.4 Å². The second-order valence-corrected chi connectivity index (χ2v) is 6.61. The highest BCUT2D eigenvalue weighted by atomic mass is 79.9. The molecule has 1 unspecified atom stereocenters. The zero-order valence-corrected chi connectivity index (χ0v) is 14.2. The van der Waals surface area contributed by atoms with Gasteiger partial charge in [-0.1, -0.05) is 40.7 Å². The number of aromatic nitrogens is 1. The number of benzene rings is 1. The van der Waals surface area contributed by atoms with Crippen molar-refractivity contribution in [3.05, 3.63) is 52.6 Å². The van der Waals surface area contributed by atoms with Crippen molar-refractivity contribution >= 4 is 27.7 Å². The normalized spacial score (nSPS) is 12.3. The first-order chi connectivity index (χ1) is 9.70. The topological polar surface area (TPSA) is 24.9 Å². The Morgan fingerprint density at radius 2 is 2.00 bits per heavy atom. The minimum absolute atomic E-state index is 0.321. The standard InChI is InChI=1S/C16H19BrN2S/c1-3-10-18-12(2)15-5-4-11-19-16(15)20-14-8-6-13(17)7-9-14/h4-9,11-12,18H,3,10H2,1-2H3. The van der Waals surface area contributed by atoms with Crippen LogP contribution in [0.1, 0.15) is 31.9 Å². The lowest BCUT2D eigenvalue weighted by atomic mass is 10.1. The molecule has 0 aliphatic heterocycles. The molecular weight excluding hydrogens is 332 g/mol. The van der Waals surface area contributed by atoms with Gasteiger partial charge in [-0.15, -0.1) is 0 Å². The van der Waals surface area contributed by atoms with Gasteiger partial charge in [-0.25, -0.2) is 4.98 Å². The van der Waals surface area contributed by atoms with Crippen LogP contribution in [0.25, 0.3) is 0 Å². The van der Waals surface area contributed by atoms with Gasteiger partial charge < -0.3 is 5.32 Å². The average molecular weight is 351 g/mol. The largest absolute Gasteiger partial charge is 0.310 e. The molecule has 1 aromatic heterocycles. The van der Waals surface area contributed by atoms with E-state index in [0.717, 1.165) is 22.5 Å². The molecule has 4 heteroatoms. The maximum absolute atomic E-state index is 4.54. The molecule has 0 aliphatic rings. The fourth-order valence-electron chi connectivity index (χ4n) is 1.90. The molecule has 1 heterocycles. The molecule has 2 nitrogen and oxygen atoms in total. The Hall–Kier alpha value is -0.840. The zero-order valence-electron chi connectivity index (χ0n) is 11.8. The number of hydrogen-bond acceptors (Lipinski definition) is 3. The summed E-state index contributed by atoms with van der Waals surface area (Å²) in [7, 11) is 0. The van der Waals surface area contributed by atoms with Gasteiger partial charge in [0.05, 0.1) is 0 Å². The first-order valence-corrected chi connectivity index (χ1v) is 8.43. The number of halogens is 1. The Morgan fingerprint density at radius 1 is 1.25 bits per heavy atom. The monoisotopic (exact) mass is 350 g/mol. The molecule has 0 saturated carbocycles. The van der Waals surface area contributed by atoms with Gasteiger partial charge in [-0.2, -0.15) is 0 Å². The Bertz CT molecular complexity index is 542. The van der Waals surface area contributed by atoms with Crippen LogP contribution in [0.4, 0.5) is 0 Å². The van der Waals surface area contributed by atoms with Crippen molar-refractivity contribution in [2.24, 2.45) is 0 Å². The molecule has 1 N–H and O–H groups in total. The van der Waals surface area contributed by atoms with Crippen molar-refractivity contribution in [2.45, 2.75) is 36.2 Å². The number of nitrogens with zero attached hydrogens (tertiary/aromatic N) is 1. The SMILES string of the molecule is CCCNC(C)c1cccnc1Sc1ccc(Br)cc1. The van der Waals surface area contributed by atoms with E-state index in [1.807, 2.05) is 12.3 Å². The third-order valence-corrected chi connectivity index (χ3v) is 4.57. The van der Waals surface area contributed by atoms with E-state index in [1.54, 1.807) is 11.8 Å². The number of nitrogens with one attached hydrogen (secondary N) is 1. The van der Waals surface area contributed by atoms with E-state index in [-0.39, 0.29) is 0 Å². The summed E-state index contributed by atoms with van der Waals surface area (Å²) >= 11 is 5.17. The molecule has 0 saturated heterocycles. The first kappa shape index (κ1) is 15.5. The van der Waals surface area contributed by atoms with Gasteiger partial charge in [0, 0.05) is 27.2 Å². The van der Waals surface area contributed by atoms with Crippen molar-refractivity contribution in [2.75, 3.05) is 6.54 Å². The Kier molecular flexibility index (Phi) is 6.07. The van der Waals surface area contributed by atoms with Crippen LogP contribution in [0.15, 0.2) is 57.0 Å². The summed E-state index contributed by atoms with van der Waals surface area (Å²) in [5.41, 5.74) is 1.26. The van der Waals surface area contributed by atoms with Crippen LogP contribution >= 0.6 is 27.7 Å². The van der Waals surface area contributed by atoms with Crippen LogP contribution in [-0.2, 0) is 0 Å². The molecule has 1 atom stereocenters. The van der Waals surface area contributed by atoms with Crippen LogP contribution in [0.2, 0.25) is 0 Å². The first-order valence-electron chi connectivity index (χ1n) is 6.82. The van der Waals surface area contributed by atoms with Gasteiger partial charge in [0.1, 0.15) is 5.03 Å². The van der Waals surface area contributed by atoms with Crippen LogP contribution < -0.4 is 5.32 Å². The zero-order chi connectivity index (χ0) is 14.4.